The summed E-state index contributed by atoms with van der Waals surface area (Å²) < 4.78 is 20.2. The maximum absolute atomic E-state index is 14.5. The van der Waals surface area contributed by atoms with Crippen LogP contribution in [0.2, 0.25) is 5.02 Å². The number of hydrogen-bond acceptors (Lipinski definition) is 1. The molecule has 0 fully saturated rings. The monoisotopic (exact) mass is 344 g/mol. The minimum atomic E-state index is -0.832. The van der Waals surface area contributed by atoms with E-state index in [4.69, 9.17) is 16.3 Å². The lowest BCUT2D eigenvalue weighted by Gasteiger charge is -2.26. The molecule has 2 atom stereocenters. The summed E-state index contributed by atoms with van der Waals surface area (Å²) in [5.74, 6) is 0.0343. The molecule has 0 aromatic heterocycles. The highest BCUT2D eigenvalue weighted by Crippen LogP contribution is 2.36. The second-order valence-corrected chi connectivity index (χ2v) is 6.66. The molecular weight excluding hydrogens is 323 g/mol. The standard InChI is InChI=1S/C21H22ClFO/c22-20-9-5-4-8-19(20)18-11-10-17(21(23)14-18)12-13-24-15-16-6-2-1-3-7-16/h1-9,11,17,21H,10,12-15H2. The van der Waals surface area contributed by atoms with E-state index < -0.39 is 6.17 Å². The van der Waals surface area contributed by atoms with E-state index in [0.717, 1.165) is 29.5 Å². The molecule has 0 aliphatic heterocycles. The average molecular weight is 345 g/mol. The molecule has 3 heteroatoms. The molecule has 2 unspecified atom stereocenters. The van der Waals surface area contributed by atoms with Crippen LogP contribution in [0, 0.1) is 5.92 Å². The topological polar surface area (TPSA) is 9.23 Å². The van der Waals surface area contributed by atoms with Crippen molar-refractivity contribution in [3.8, 4) is 0 Å². The maximum Gasteiger partial charge on any atom is 0.107 e. The predicted octanol–water partition coefficient (Wildman–Crippen LogP) is 6.08. The Morgan fingerprint density at radius 2 is 1.79 bits per heavy atom. The molecule has 0 spiro atoms. The van der Waals surface area contributed by atoms with Gasteiger partial charge in [0.2, 0.25) is 0 Å². The Labute approximate surface area is 148 Å². The molecule has 0 bridgehead atoms. The lowest BCUT2D eigenvalue weighted by molar-refractivity contribution is 0.0906. The molecule has 0 amide bonds. The van der Waals surface area contributed by atoms with Gasteiger partial charge in [-0.25, -0.2) is 4.39 Å². The van der Waals surface area contributed by atoms with Crippen molar-refractivity contribution in [2.24, 2.45) is 5.92 Å². The van der Waals surface area contributed by atoms with Crippen LogP contribution < -0.4 is 0 Å². The lowest BCUT2D eigenvalue weighted by atomic mass is 9.83. The number of alkyl halides is 1. The molecule has 1 aliphatic carbocycles. The molecule has 0 heterocycles. The van der Waals surface area contributed by atoms with Crippen LogP contribution >= 0.6 is 11.6 Å². The third kappa shape index (κ3) is 4.46. The Kier molecular flexibility index (Phi) is 6.06. The first kappa shape index (κ1) is 17.2. The van der Waals surface area contributed by atoms with Crippen molar-refractivity contribution in [2.45, 2.75) is 32.0 Å². The zero-order valence-corrected chi connectivity index (χ0v) is 14.4. The van der Waals surface area contributed by atoms with Gasteiger partial charge in [-0.3, -0.25) is 0 Å². The quantitative estimate of drug-likeness (QED) is 0.577. The second kappa shape index (κ2) is 8.46. The van der Waals surface area contributed by atoms with E-state index in [0.29, 0.717) is 24.7 Å². The molecule has 1 aliphatic rings. The van der Waals surface area contributed by atoms with Crippen LogP contribution in [0.15, 0.2) is 60.7 Å². The van der Waals surface area contributed by atoms with Gasteiger partial charge in [0.15, 0.2) is 0 Å². The molecule has 0 saturated heterocycles. The van der Waals surface area contributed by atoms with Crippen LogP contribution in [0.5, 0.6) is 0 Å². The van der Waals surface area contributed by atoms with Crippen LogP contribution in [0.3, 0.4) is 0 Å². The summed E-state index contributed by atoms with van der Waals surface area (Å²) in [4.78, 5) is 0. The Morgan fingerprint density at radius 3 is 2.54 bits per heavy atom. The van der Waals surface area contributed by atoms with E-state index in [1.807, 2.05) is 54.6 Å². The second-order valence-electron chi connectivity index (χ2n) is 6.25. The first-order valence-corrected chi connectivity index (χ1v) is 8.81. The first-order valence-electron chi connectivity index (χ1n) is 8.43. The summed E-state index contributed by atoms with van der Waals surface area (Å²) in [5.41, 5.74) is 3.13. The summed E-state index contributed by atoms with van der Waals surface area (Å²) >= 11 is 6.22. The number of rotatable bonds is 6. The van der Waals surface area contributed by atoms with Crippen LogP contribution in [0.1, 0.15) is 30.4 Å². The molecule has 3 rings (SSSR count). The Balaban J connectivity index is 1.49. The summed E-state index contributed by atoms with van der Waals surface area (Å²) in [7, 11) is 0. The minimum Gasteiger partial charge on any atom is -0.377 e. The largest absolute Gasteiger partial charge is 0.377 e. The van der Waals surface area contributed by atoms with Crippen LogP contribution in [-0.4, -0.2) is 12.8 Å². The van der Waals surface area contributed by atoms with E-state index >= 15 is 0 Å². The fraction of sp³-hybridized carbons (Fsp3) is 0.333. The number of hydrogen-bond donors (Lipinski definition) is 0. The van der Waals surface area contributed by atoms with Gasteiger partial charge in [-0.05, 0) is 41.5 Å². The van der Waals surface area contributed by atoms with E-state index in [-0.39, 0.29) is 5.92 Å². The minimum absolute atomic E-state index is 0.0343. The Bertz CT molecular complexity index is 683. The van der Waals surface area contributed by atoms with Crippen LogP contribution in [-0.2, 0) is 11.3 Å². The van der Waals surface area contributed by atoms with Crippen LogP contribution in [0.4, 0.5) is 4.39 Å². The SMILES string of the molecule is FC1CC(c2ccccc2Cl)=CCC1CCOCc1ccccc1. The number of benzene rings is 2. The zero-order valence-electron chi connectivity index (χ0n) is 13.6. The zero-order chi connectivity index (χ0) is 16.8. The Morgan fingerprint density at radius 1 is 1.04 bits per heavy atom. The van der Waals surface area contributed by atoms with E-state index in [1.54, 1.807) is 0 Å². The van der Waals surface area contributed by atoms with Crippen molar-refractivity contribution in [1.29, 1.82) is 0 Å². The number of halogens is 2. The van der Waals surface area contributed by atoms with Crippen molar-refractivity contribution in [3.05, 3.63) is 76.8 Å². The van der Waals surface area contributed by atoms with Gasteiger partial charge >= 0.3 is 0 Å². The van der Waals surface area contributed by atoms with Crippen molar-refractivity contribution in [2.75, 3.05) is 6.61 Å². The first-order chi connectivity index (χ1) is 11.7. The summed E-state index contributed by atoms with van der Waals surface area (Å²) in [5, 5.41) is 0.695. The Hall–Kier alpha value is -1.64. The number of allylic oxidation sites excluding steroid dienone is 2. The fourth-order valence-electron chi connectivity index (χ4n) is 3.14. The highest BCUT2D eigenvalue weighted by molar-refractivity contribution is 6.32. The van der Waals surface area contributed by atoms with Crippen molar-refractivity contribution >= 4 is 17.2 Å². The molecule has 2 aromatic rings. The van der Waals surface area contributed by atoms with Gasteiger partial charge in [-0.15, -0.1) is 0 Å². The third-order valence-electron chi connectivity index (χ3n) is 4.56. The molecule has 0 saturated carbocycles. The van der Waals surface area contributed by atoms with Crippen molar-refractivity contribution in [1.82, 2.24) is 0 Å². The van der Waals surface area contributed by atoms with Gasteiger partial charge in [0.25, 0.3) is 0 Å². The normalized spacial score (nSPS) is 20.7. The van der Waals surface area contributed by atoms with Gasteiger partial charge in [0, 0.05) is 18.1 Å². The highest BCUT2D eigenvalue weighted by atomic mass is 35.5. The average Bonchev–Trinajstić information content (AvgIpc) is 2.61. The van der Waals surface area contributed by atoms with Gasteiger partial charge in [-0.1, -0.05) is 66.2 Å². The van der Waals surface area contributed by atoms with Gasteiger partial charge in [-0.2, -0.15) is 0 Å². The van der Waals surface area contributed by atoms with Crippen LogP contribution in [0.25, 0.3) is 5.57 Å². The lowest BCUT2D eigenvalue weighted by Crippen LogP contribution is -2.21. The molecule has 1 nitrogen and oxygen atoms in total. The van der Waals surface area contributed by atoms with E-state index in [1.165, 1.54) is 0 Å². The number of ether oxygens (including phenoxy) is 1. The highest BCUT2D eigenvalue weighted by Gasteiger charge is 2.26. The van der Waals surface area contributed by atoms with Crippen molar-refractivity contribution in [3.63, 3.8) is 0 Å². The molecule has 0 N–H and O–H groups in total. The molecule has 126 valence electrons. The fourth-order valence-corrected chi connectivity index (χ4v) is 3.40. The summed E-state index contributed by atoms with van der Waals surface area (Å²) in [6.07, 6.45) is 3.24. The molecule has 24 heavy (non-hydrogen) atoms. The molecule has 0 radical (unpaired) electrons. The maximum atomic E-state index is 14.5. The predicted molar refractivity (Wildman–Crippen MR) is 97.8 cm³/mol. The van der Waals surface area contributed by atoms with Gasteiger partial charge in [0.1, 0.15) is 6.17 Å². The third-order valence-corrected chi connectivity index (χ3v) is 4.89. The summed E-state index contributed by atoms with van der Waals surface area (Å²) in [6, 6.07) is 17.7. The molecule has 2 aromatic carbocycles. The van der Waals surface area contributed by atoms with Crippen molar-refractivity contribution < 1.29 is 9.13 Å². The molecular formula is C21H22ClFO. The van der Waals surface area contributed by atoms with Gasteiger partial charge < -0.3 is 4.74 Å². The summed E-state index contributed by atoms with van der Waals surface area (Å²) in [6.45, 7) is 1.18. The van der Waals surface area contributed by atoms with E-state index in [9.17, 15) is 4.39 Å². The van der Waals surface area contributed by atoms with Gasteiger partial charge in [0.05, 0.1) is 6.61 Å². The smallest absolute Gasteiger partial charge is 0.107 e. The van der Waals surface area contributed by atoms with E-state index in [2.05, 4.69) is 6.08 Å².